The maximum Gasteiger partial charge on any atom is 0.0988 e. The van der Waals surface area contributed by atoms with E-state index >= 15 is 0 Å². The Hall–Kier alpha value is -1.23. The van der Waals surface area contributed by atoms with E-state index in [0.29, 0.717) is 5.92 Å². The predicted molar refractivity (Wildman–Crippen MR) is 81.5 cm³/mol. The minimum Gasteiger partial charge on any atom is -0.387 e. The van der Waals surface area contributed by atoms with Crippen LogP contribution in [0.4, 0.5) is 0 Å². The van der Waals surface area contributed by atoms with Crippen molar-refractivity contribution in [3.05, 3.63) is 52.5 Å². The van der Waals surface area contributed by atoms with Crippen molar-refractivity contribution < 1.29 is 5.11 Å². The molecule has 1 atom stereocenters. The number of hydrogen-bond donors (Lipinski definition) is 1. The molecule has 3 nitrogen and oxygen atoms in total. The topological polar surface area (TPSA) is 36.4 Å². The van der Waals surface area contributed by atoms with Crippen LogP contribution in [0.1, 0.15) is 29.5 Å². The lowest BCUT2D eigenvalue weighted by molar-refractivity contribution is 0.0542. The highest BCUT2D eigenvalue weighted by molar-refractivity contribution is 7.09. The standard InChI is InChI=1S/C16H20N2OS/c19-16(15-5-1-2-8-17-15)13-6-9-18(10-7-13)12-14-4-3-11-20-14/h1-5,8,11,13,16,19H,6-7,9-10,12H2/t16-/m0/s1. The maximum absolute atomic E-state index is 10.4. The number of aliphatic hydroxyl groups excluding tert-OH is 1. The number of thiophene rings is 1. The summed E-state index contributed by atoms with van der Waals surface area (Å²) in [7, 11) is 0. The van der Waals surface area contributed by atoms with Gasteiger partial charge in [0, 0.05) is 17.6 Å². The number of rotatable bonds is 4. The minimum atomic E-state index is -0.417. The molecule has 0 aliphatic carbocycles. The molecular formula is C16H20N2OS. The fraction of sp³-hybridized carbons (Fsp3) is 0.438. The summed E-state index contributed by atoms with van der Waals surface area (Å²) in [5, 5.41) is 12.5. The van der Waals surface area contributed by atoms with Crippen LogP contribution in [-0.4, -0.2) is 28.1 Å². The molecule has 0 amide bonds. The second kappa shape index (κ2) is 6.48. The van der Waals surface area contributed by atoms with Crippen molar-refractivity contribution in [2.24, 2.45) is 5.92 Å². The molecule has 0 spiro atoms. The van der Waals surface area contributed by atoms with Gasteiger partial charge < -0.3 is 5.11 Å². The van der Waals surface area contributed by atoms with Gasteiger partial charge in [-0.05, 0) is 55.4 Å². The van der Waals surface area contributed by atoms with E-state index in [-0.39, 0.29) is 0 Å². The minimum absolute atomic E-state index is 0.337. The van der Waals surface area contributed by atoms with Gasteiger partial charge in [0.2, 0.25) is 0 Å². The SMILES string of the molecule is O[C@H](c1ccccn1)C1CCN(Cc2cccs2)CC1. The first-order chi connectivity index (χ1) is 9.83. The van der Waals surface area contributed by atoms with Crippen molar-refractivity contribution >= 4 is 11.3 Å². The zero-order valence-corrected chi connectivity index (χ0v) is 12.3. The second-order valence-corrected chi connectivity index (χ2v) is 6.42. The molecule has 2 aromatic heterocycles. The average molecular weight is 288 g/mol. The summed E-state index contributed by atoms with van der Waals surface area (Å²) < 4.78 is 0. The molecule has 0 unspecified atom stereocenters. The van der Waals surface area contributed by atoms with Crippen molar-refractivity contribution in [3.63, 3.8) is 0 Å². The van der Waals surface area contributed by atoms with Crippen molar-refractivity contribution in [1.29, 1.82) is 0 Å². The smallest absolute Gasteiger partial charge is 0.0988 e. The molecule has 20 heavy (non-hydrogen) atoms. The molecule has 1 N–H and O–H groups in total. The highest BCUT2D eigenvalue weighted by atomic mass is 32.1. The molecule has 2 aromatic rings. The van der Waals surface area contributed by atoms with E-state index in [4.69, 9.17) is 0 Å². The summed E-state index contributed by atoms with van der Waals surface area (Å²) in [4.78, 5) is 8.18. The molecule has 1 aliphatic rings. The van der Waals surface area contributed by atoms with Crippen LogP contribution < -0.4 is 0 Å². The first-order valence-electron chi connectivity index (χ1n) is 7.16. The molecule has 3 rings (SSSR count). The molecule has 1 fully saturated rings. The van der Waals surface area contributed by atoms with Crippen LogP contribution in [-0.2, 0) is 6.54 Å². The van der Waals surface area contributed by atoms with Crippen molar-refractivity contribution in [2.75, 3.05) is 13.1 Å². The number of aliphatic hydroxyl groups is 1. The number of aromatic nitrogens is 1. The number of pyridine rings is 1. The van der Waals surface area contributed by atoms with Crippen LogP contribution in [0.25, 0.3) is 0 Å². The highest BCUT2D eigenvalue weighted by Gasteiger charge is 2.26. The van der Waals surface area contributed by atoms with Gasteiger partial charge in [-0.2, -0.15) is 0 Å². The molecule has 1 aliphatic heterocycles. The average Bonchev–Trinajstić information content (AvgIpc) is 3.01. The van der Waals surface area contributed by atoms with E-state index < -0.39 is 6.10 Å². The monoisotopic (exact) mass is 288 g/mol. The zero-order valence-electron chi connectivity index (χ0n) is 11.5. The van der Waals surface area contributed by atoms with Gasteiger partial charge in [0.05, 0.1) is 11.8 Å². The summed E-state index contributed by atoms with van der Waals surface area (Å²) >= 11 is 1.82. The fourth-order valence-electron chi connectivity index (χ4n) is 2.84. The molecule has 4 heteroatoms. The van der Waals surface area contributed by atoms with Crippen molar-refractivity contribution in [1.82, 2.24) is 9.88 Å². The van der Waals surface area contributed by atoms with Crippen LogP contribution in [0.5, 0.6) is 0 Å². The van der Waals surface area contributed by atoms with Gasteiger partial charge in [0.25, 0.3) is 0 Å². The zero-order chi connectivity index (χ0) is 13.8. The Bertz CT molecular complexity index is 507. The summed E-state index contributed by atoms with van der Waals surface area (Å²) in [6.07, 6.45) is 3.43. The lowest BCUT2D eigenvalue weighted by atomic mass is 9.89. The lowest BCUT2D eigenvalue weighted by Crippen LogP contribution is -2.35. The first kappa shape index (κ1) is 13.7. The lowest BCUT2D eigenvalue weighted by Gasteiger charge is -2.33. The Morgan fingerprint density at radius 2 is 2.10 bits per heavy atom. The number of nitrogens with zero attached hydrogens (tertiary/aromatic N) is 2. The van der Waals surface area contributed by atoms with E-state index in [1.54, 1.807) is 6.20 Å². The third-order valence-electron chi connectivity index (χ3n) is 4.03. The summed E-state index contributed by atoms with van der Waals surface area (Å²) in [6.45, 7) is 3.17. The van der Waals surface area contributed by atoms with Crippen LogP contribution in [0.3, 0.4) is 0 Å². The van der Waals surface area contributed by atoms with Crippen LogP contribution in [0.15, 0.2) is 41.9 Å². The second-order valence-electron chi connectivity index (χ2n) is 5.39. The molecule has 0 saturated carbocycles. The van der Waals surface area contributed by atoms with E-state index in [1.165, 1.54) is 4.88 Å². The van der Waals surface area contributed by atoms with E-state index in [0.717, 1.165) is 38.2 Å². The third-order valence-corrected chi connectivity index (χ3v) is 4.89. The van der Waals surface area contributed by atoms with Crippen molar-refractivity contribution in [2.45, 2.75) is 25.5 Å². The summed E-state index contributed by atoms with van der Waals surface area (Å²) in [6, 6.07) is 10.1. The largest absolute Gasteiger partial charge is 0.387 e. The quantitative estimate of drug-likeness (QED) is 0.939. The number of likely N-dealkylation sites (tertiary alicyclic amines) is 1. The first-order valence-corrected chi connectivity index (χ1v) is 8.04. The van der Waals surface area contributed by atoms with Gasteiger partial charge in [-0.15, -0.1) is 11.3 Å². The molecule has 0 radical (unpaired) electrons. The normalized spacial score (nSPS) is 19.1. The van der Waals surface area contributed by atoms with Gasteiger partial charge >= 0.3 is 0 Å². The molecule has 0 bridgehead atoms. The molecule has 1 saturated heterocycles. The number of piperidine rings is 1. The van der Waals surface area contributed by atoms with Crippen LogP contribution in [0, 0.1) is 5.92 Å². The third kappa shape index (κ3) is 3.26. The molecule has 0 aromatic carbocycles. The fourth-order valence-corrected chi connectivity index (χ4v) is 3.59. The van der Waals surface area contributed by atoms with Gasteiger partial charge in [0.15, 0.2) is 0 Å². The molecular weight excluding hydrogens is 268 g/mol. The Kier molecular flexibility index (Phi) is 4.45. The predicted octanol–water partition coefficient (Wildman–Crippen LogP) is 3.09. The van der Waals surface area contributed by atoms with Gasteiger partial charge in [-0.1, -0.05) is 12.1 Å². The van der Waals surface area contributed by atoms with E-state index in [9.17, 15) is 5.11 Å². The summed E-state index contributed by atoms with van der Waals surface area (Å²) in [5.74, 6) is 0.337. The van der Waals surface area contributed by atoms with E-state index in [2.05, 4.69) is 27.4 Å². The van der Waals surface area contributed by atoms with Gasteiger partial charge in [-0.3, -0.25) is 9.88 Å². The van der Waals surface area contributed by atoms with Gasteiger partial charge in [0.1, 0.15) is 0 Å². The highest BCUT2D eigenvalue weighted by Crippen LogP contribution is 2.30. The molecule has 3 heterocycles. The number of hydrogen-bond acceptors (Lipinski definition) is 4. The maximum atomic E-state index is 10.4. The Morgan fingerprint density at radius 3 is 2.75 bits per heavy atom. The Balaban J connectivity index is 1.53. The van der Waals surface area contributed by atoms with Crippen LogP contribution in [0.2, 0.25) is 0 Å². The van der Waals surface area contributed by atoms with Crippen LogP contribution >= 0.6 is 11.3 Å². The Morgan fingerprint density at radius 1 is 1.25 bits per heavy atom. The molecule has 106 valence electrons. The van der Waals surface area contributed by atoms with E-state index in [1.807, 2.05) is 29.5 Å². The summed E-state index contributed by atoms with van der Waals surface area (Å²) in [5.41, 5.74) is 0.809. The Labute approximate surface area is 123 Å². The van der Waals surface area contributed by atoms with Crippen molar-refractivity contribution in [3.8, 4) is 0 Å². The van der Waals surface area contributed by atoms with Gasteiger partial charge in [-0.25, -0.2) is 0 Å².